The topological polar surface area (TPSA) is 49.4 Å². The van der Waals surface area contributed by atoms with Crippen LogP contribution in [0.2, 0.25) is 0 Å². The van der Waals surface area contributed by atoms with Crippen LogP contribution in [0.15, 0.2) is 54.6 Å². The van der Waals surface area contributed by atoms with Gasteiger partial charge in [0.25, 0.3) is 5.91 Å². The fourth-order valence-corrected chi connectivity index (χ4v) is 2.50. The normalized spacial score (nSPS) is 11.6. The fourth-order valence-electron chi connectivity index (χ4n) is 2.50. The van der Waals surface area contributed by atoms with Gasteiger partial charge in [-0.2, -0.15) is 0 Å². The third-order valence-corrected chi connectivity index (χ3v) is 4.10. The van der Waals surface area contributed by atoms with E-state index < -0.39 is 0 Å². The zero-order chi connectivity index (χ0) is 17.5. The van der Waals surface area contributed by atoms with E-state index >= 15 is 0 Å². The number of benzene rings is 2. The summed E-state index contributed by atoms with van der Waals surface area (Å²) in [7, 11) is 1.82. The third kappa shape index (κ3) is 4.44. The van der Waals surface area contributed by atoms with E-state index in [4.69, 9.17) is 0 Å². The van der Waals surface area contributed by atoms with Crippen molar-refractivity contribution in [3.05, 3.63) is 65.7 Å². The van der Waals surface area contributed by atoms with Crippen LogP contribution in [0.25, 0.3) is 0 Å². The number of carbonyl (C=O) groups excluding carboxylic acids is 2. The first-order valence-corrected chi connectivity index (χ1v) is 8.25. The van der Waals surface area contributed by atoms with Crippen molar-refractivity contribution >= 4 is 17.5 Å². The van der Waals surface area contributed by atoms with Gasteiger partial charge in [0.1, 0.15) is 0 Å². The Balaban J connectivity index is 2.11. The summed E-state index contributed by atoms with van der Waals surface area (Å²) in [4.78, 5) is 26.1. The molecule has 0 bridgehead atoms. The van der Waals surface area contributed by atoms with Crippen molar-refractivity contribution in [2.75, 3.05) is 12.4 Å². The Hall–Kier alpha value is -2.62. The monoisotopic (exact) mass is 324 g/mol. The number of hydrogen-bond donors (Lipinski definition) is 1. The zero-order valence-corrected chi connectivity index (χ0v) is 14.5. The summed E-state index contributed by atoms with van der Waals surface area (Å²) >= 11 is 0. The van der Waals surface area contributed by atoms with Crippen LogP contribution >= 0.6 is 0 Å². The van der Waals surface area contributed by atoms with Crippen LogP contribution in [0.1, 0.15) is 48.7 Å². The van der Waals surface area contributed by atoms with Gasteiger partial charge in [-0.1, -0.05) is 37.3 Å². The molecular weight excluding hydrogens is 300 g/mol. The van der Waals surface area contributed by atoms with Gasteiger partial charge in [-0.05, 0) is 43.2 Å². The summed E-state index contributed by atoms with van der Waals surface area (Å²) in [6.07, 6.45) is 1.38. The molecule has 4 heteroatoms. The minimum Gasteiger partial charge on any atom is -0.339 e. The number of rotatable bonds is 6. The van der Waals surface area contributed by atoms with Crippen LogP contribution in [-0.2, 0) is 4.79 Å². The summed E-state index contributed by atoms with van der Waals surface area (Å²) < 4.78 is 0. The summed E-state index contributed by atoms with van der Waals surface area (Å²) in [5.74, 6) is -0.0143. The van der Waals surface area contributed by atoms with E-state index in [0.29, 0.717) is 12.0 Å². The van der Waals surface area contributed by atoms with Gasteiger partial charge in [0.05, 0.1) is 6.04 Å². The zero-order valence-electron chi connectivity index (χ0n) is 14.5. The molecule has 0 aromatic heterocycles. The van der Waals surface area contributed by atoms with Crippen molar-refractivity contribution in [2.24, 2.45) is 0 Å². The van der Waals surface area contributed by atoms with Gasteiger partial charge >= 0.3 is 0 Å². The highest BCUT2D eigenvalue weighted by Gasteiger charge is 2.17. The highest BCUT2D eigenvalue weighted by molar-refractivity contribution is 6.04. The highest BCUT2D eigenvalue weighted by atomic mass is 16.2. The Kier molecular flexibility index (Phi) is 6.13. The molecule has 4 nitrogen and oxygen atoms in total. The van der Waals surface area contributed by atoms with Crippen LogP contribution in [-0.4, -0.2) is 23.8 Å². The lowest BCUT2D eigenvalue weighted by Gasteiger charge is -2.25. The molecule has 1 N–H and O–H groups in total. The molecule has 0 spiro atoms. The number of nitrogens with one attached hydrogen (secondary N) is 1. The maximum absolute atomic E-state index is 12.2. The Morgan fingerprint density at radius 2 is 1.79 bits per heavy atom. The van der Waals surface area contributed by atoms with E-state index in [2.05, 4.69) is 5.32 Å². The SMILES string of the molecule is CCCC(=O)N(C)[C@H](C)c1cccc(NC(=O)c2ccccc2)c1. The van der Waals surface area contributed by atoms with Gasteiger partial charge in [-0.3, -0.25) is 9.59 Å². The lowest BCUT2D eigenvalue weighted by Crippen LogP contribution is -2.29. The molecule has 0 aliphatic carbocycles. The molecule has 2 aromatic carbocycles. The largest absolute Gasteiger partial charge is 0.339 e. The number of anilines is 1. The number of amides is 2. The molecule has 0 aliphatic rings. The van der Waals surface area contributed by atoms with Crippen molar-refractivity contribution in [2.45, 2.75) is 32.7 Å². The highest BCUT2D eigenvalue weighted by Crippen LogP contribution is 2.23. The molecule has 24 heavy (non-hydrogen) atoms. The average Bonchev–Trinajstić information content (AvgIpc) is 2.61. The summed E-state index contributed by atoms with van der Waals surface area (Å²) in [5, 5.41) is 2.90. The van der Waals surface area contributed by atoms with E-state index in [-0.39, 0.29) is 17.9 Å². The lowest BCUT2D eigenvalue weighted by atomic mass is 10.1. The maximum atomic E-state index is 12.2. The van der Waals surface area contributed by atoms with Gasteiger partial charge in [0, 0.05) is 24.7 Å². The van der Waals surface area contributed by atoms with Crippen LogP contribution in [0, 0.1) is 0 Å². The van der Waals surface area contributed by atoms with Crippen LogP contribution in [0.3, 0.4) is 0 Å². The third-order valence-electron chi connectivity index (χ3n) is 4.10. The molecule has 2 amide bonds. The predicted octanol–water partition coefficient (Wildman–Crippen LogP) is 4.26. The number of carbonyl (C=O) groups is 2. The maximum Gasteiger partial charge on any atom is 0.255 e. The minimum atomic E-state index is -0.143. The Bertz CT molecular complexity index is 698. The van der Waals surface area contributed by atoms with Crippen molar-refractivity contribution in [3.63, 3.8) is 0 Å². The van der Waals surface area contributed by atoms with E-state index in [1.807, 2.05) is 63.4 Å². The smallest absolute Gasteiger partial charge is 0.255 e. The van der Waals surface area contributed by atoms with E-state index in [1.165, 1.54) is 0 Å². The van der Waals surface area contributed by atoms with Crippen LogP contribution in [0.5, 0.6) is 0 Å². The molecule has 0 unspecified atom stereocenters. The van der Waals surface area contributed by atoms with Gasteiger partial charge in [0.15, 0.2) is 0 Å². The quantitative estimate of drug-likeness (QED) is 0.863. The van der Waals surface area contributed by atoms with Gasteiger partial charge in [-0.25, -0.2) is 0 Å². The van der Waals surface area contributed by atoms with E-state index in [1.54, 1.807) is 17.0 Å². The Morgan fingerprint density at radius 3 is 2.46 bits per heavy atom. The molecule has 0 saturated heterocycles. The van der Waals surface area contributed by atoms with Crippen LogP contribution in [0.4, 0.5) is 5.69 Å². The molecule has 0 heterocycles. The van der Waals surface area contributed by atoms with Gasteiger partial charge in [0.2, 0.25) is 5.91 Å². The molecule has 1 atom stereocenters. The van der Waals surface area contributed by atoms with Crippen molar-refractivity contribution in [3.8, 4) is 0 Å². The average molecular weight is 324 g/mol. The minimum absolute atomic E-state index is 0.0439. The first kappa shape index (κ1) is 17.7. The number of hydrogen-bond acceptors (Lipinski definition) is 2. The second kappa shape index (κ2) is 8.29. The lowest BCUT2D eigenvalue weighted by molar-refractivity contribution is -0.131. The van der Waals surface area contributed by atoms with E-state index in [0.717, 1.165) is 17.7 Å². The van der Waals surface area contributed by atoms with Crippen molar-refractivity contribution in [1.82, 2.24) is 4.90 Å². The molecule has 0 aliphatic heterocycles. The number of nitrogens with zero attached hydrogens (tertiary/aromatic N) is 1. The second-order valence-electron chi connectivity index (χ2n) is 5.88. The molecular formula is C20H24N2O2. The summed E-state index contributed by atoms with van der Waals surface area (Å²) in [6, 6.07) is 16.7. The Labute approximate surface area is 143 Å². The molecule has 0 radical (unpaired) electrons. The summed E-state index contributed by atoms with van der Waals surface area (Å²) in [5.41, 5.74) is 2.34. The molecule has 0 saturated carbocycles. The Morgan fingerprint density at radius 1 is 1.08 bits per heavy atom. The predicted molar refractivity (Wildman–Crippen MR) is 96.9 cm³/mol. The van der Waals surface area contributed by atoms with E-state index in [9.17, 15) is 9.59 Å². The van der Waals surface area contributed by atoms with Gasteiger partial charge < -0.3 is 10.2 Å². The molecule has 126 valence electrons. The first-order valence-electron chi connectivity index (χ1n) is 8.25. The van der Waals surface area contributed by atoms with Gasteiger partial charge in [-0.15, -0.1) is 0 Å². The second-order valence-corrected chi connectivity index (χ2v) is 5.88. The van der Waals surface area contributed by atoms with Crippen molar-refractivity contribution in [1.29, 1.82) is 0 Å². The molecule has 0 fully saturated rings. The fraction of sp³-hybridized carbons (Fsp3) is 0.300. The first-order chi connectivity index (χ1) is 11.5. The summed E-state index contributed by atoms with van der Waals surface area (Å²) in [6.45, 7) is 3.99. The molecule has 2 rings (SSSR count). The standard InChI is InChI=1S/C20H24N2O2/c1-4-9-19(23)22(3)15(2)17-12-8-13-18(14-17)21-20(24)16-10-6-5-7-11-16/h5-8,10-15H,4,9H2,1-3H3,(H,21,24)/t15-/m1/s1. The van der Waals surface area contributed by atoms with Crippen LogP contribution < -0.4 is 5.32 Å². The van der Waals surface area contributed by atoms with Crippen molar-refractivity contribution < 1.29 is 9.59 Å². The molecule has 2 aromatic rings.